The lowest BCUT2D eigenvalue weighted by atomic mass is 9.92. The third-order valence-electron chi connectivity index (χ3n) is 7.49. The maximum absolute atomic E-state index is 13.2. The summed E-state index contributed by atoms with van der Waals surface area (Å²) in [4.78, 5) is 23.6. The topological polar surface area (TPSA) is 82.2 Å². The van der Waals surface area contributed by atoms with Crippen LogP contribution in [0.3, 0.4) is 0 Å². The van der Waals surface area contributed by atoms with Gasteiger partial charge in [-0.25, -0.2) is 8.42 Å². The van der Waals surface area contributed by atoms with E-state index in [2.05, 4.69) is 42.4 Å². The number of piperazine rings is 1. The lowest BCUT2D eigenvalue weighted by Gasteiger charge is -2.37. The number of rotatable bonds is 4. The molecule has 3 aliphatic heterocycles. The Hall–Kier alpha value is -2.88. The van der Waals surface area contributed by atoms with E-state index in [1.807, 2.05) is 30.0 Å². The standard InChI is InChI=1S/C27H34N4O4S/c1-20-4-7-23(8-5-20)36(33,34)31-12-10-27(11-13-31)19-24(28-35-27)26(32)30-16-14-29(15-17-30)25-9-6-21(2)18-22(25)3/h4-9,18-19,28H,10-17H2,1-3H3. The molecule has 2 aromatic rings. The number of carbonyl (C=O) groups is 1. The maximum atomic E-state index is 13.2. The van der Waals surface area contributed by atoms with Crippen molar-refractivity contribution in [3.63, 3.8) is 0 Å². The van der Waals surface area contributed by atoms with Gasteiger partial charge in [0, 0.05) is 45.0 Å². The Bertz CT molecular complexity index is 1270. The average molecular weight is 511 g/mol. The molecule has 0 unspecified atom stereocenters. The molecule has 0 saturated carbocycles. The minimum Gasteiger partial charge on any atom is -0.368 e. The fourth-order valence-corrected chi connectivity index (χ4v) is 6.72. The van der Waals surface area contributed by atoms with Crippen LogP contribution < -0.4 is 10.4 Å². The normalized spacial score (nSPS) is 20.4. The second-order valence-electron chi connectivity index (χ2n) is 10.1. The van der Waals surface area contributed by atoms with Gasteiger partial charge in [-0.05, 0) is 63.5 Å². The summed E-state index contributed by atoms with van der Waals surface area (Å²) < 4.78 is 27.6. The molecule has 5 rings (SSSR count). The number of carbonyl (C=O) groups excluding carboxylic acids is 1. The fourth-order valence-electron chi connectivity index (χ4n) is 5.28. The SMILES string of the molecule is Cc1ccc(S(=O)(=O)N2CCC3(C=C(C(=O)N4CCN(c5ccc(C)cc5C)CC4)NO3)CC2)cc1. The summed E-state index contributed by atoms with van der Waals surface area (Å²) in [6, 6.07) is 13.4. The first-order valence-corrected chi connectivity index (χ1v) is 14.0. The minimum atomic E-state index is -3.55. The van der Waals surface area contributed by atoms with Gasteiger partial charge >= 0.3 is 0 Å². The zero-order valence-corrected chi connectivity index (χ0v) is 22.0. The van der Waals surface area contributed by atoms with Gasteiger partial charge in [0.25, 0.3) is 5.91 Å². The van der Waals surface area contributed by atoms with E-state index in [0.29, 0.717) is 49.6 Å². The Labute approximate surface area is 213 Å². The van der Waals surface area contributed by atoms with Crippen LogP contribution in [0, 0.1) is 20.8 Å². The number of nitrogens with one attached hydrogen (secondary N) is 1. The van der Waals surface area contributed by atoms with Crippen molar-refractivity contribution >= 4 is 21.6 Å². The molecular formula is C27H34N4O4S. The third-order valence-corrected chi connectivity index (χ3v) is 9.40. The Morgan fingerprint density at radius 3 is 2.17 bits per heavy atom. The number of sulfonamides is 1. The van der Waals surface area contributed by atoms with Gasteiger partial charge in [0.1, 0.15) is 11.3 Å². The second kappa shape index (κ2) is 9.53. The summed E-state index contributed by atoms with van der Waals surface area (Å²) in [6.45, 7) is 9.66. The first kappa shape index (κ1) is 24.8. The van der Waals surface area contributed by atoms with Gasteiger partial charge in [-0.15, -0.1) is 0 Å². The van der Waals surface area contributed by atoms with Crippen LogP contribution in [-0.2, 0) is 19.7 Å². The van der Waals surface area contributed by atoms with Gasteiger partial charge in [-0.2, -0.15) is 4.31 Å². The van der Waals surface area contributed by atoms with E-state index in [1.54, 1.807) is 12.1 Å². The molecule has 2 fully saturated rings. The monoisotopic (exact) mass is 510 g/mol. The van der Waals surface area contributed by atoms with Crippen LogP contribution in [0.25, 0.3) is 0 Å². The van der Waals surface area contributed by atoms with Gasteiger partial charge < -0.3 is 9.80 Å². The lowest BCUT2D eigenvalue weighted by Crippen LogP contribution is -2.50. The number of hydrogen-bond donors (Lipinski definition) is 1. The van der Waals surface area contributed by atoms with E-state index in [1.165, 1.54) is 21.1 Å². The Kier molecular flexibility index (Phi) is 6.57. The highest BCUT2D eigenvalue weighted by Gasteiger charge is 2.43. The number of aryl methyl sites for hydroxylation is 3. The highest BCUT2D eigenvalue weighted by Crippen LogP contribution is 2.34. The molecule has 0 bridgehead atoms. The molecule has 3 aliphatic rings. The van der Waals surface area contributed by atoms with E-state index in [0.717, 1.165) is 18.7 Å². The van der Waals surface area contributed by atoms with Crippen molar-refractivity contribution < 1.29 is 18.0 Å². The summed E-state index contributed by atoms with van der Waals surface area (Å²) in [6.07, 6.45) is 2.84. The van der Waals surface area contributed by atoms with E-state index >= 15 is 0 Å². The van der Waals surface area contributed by atoms with E-state index < -0.39 is 15.6 Å². The Morgan fingerprint density at radius 2 is 1.53 bits per heavy atom. The van der Waals surface area contributed by atoms with Crippen molar-refractivity contribution in [3.05, 3.63) is 70.9 Å². The molecule has 1 spiro atoms. The van der Waals surface area contributed by atoms with Gasteiger partial charge in [-0.3, -0.25) is 15.1 Å². The molecular weight excluding hydrogens is 476 g/mol. The average Bonchev–Trinajstić information content (AvgIpc) is 3.27. The first-order chi connectivity index (χ1) is 17.2. The molecule has 8 nitrogen and oxygen atoms in total. The fraction of sp³-hybridized carbons (Fsp3) is 0.444. The zero-order chi connectivity index (χ0) is 25.5. The van der Waals surface area contributed by atoms with Crippen molar-refractivity contribution in [1.82, 2.24) is 14.7 Å². The summed E-state index contributed by atoms with van der Waals surface area (Å²) >= 11 is 0. The third kappa shape index (κ3) is 4.75. The van der Waals surface area contributed by atoms with Gasteiger partial charge in [0.05, 0.1) is 4.90 Å². The molecule has 0 aromatic heterocycles. The molecule has 0 radical (unpaired) electrons. The Morgan fingerprint density at radius 1 is 0.889 bits per heavy atom. The predicted molar refractivity (Wildman–Crippen MR) is 139 cm³/mol. The molecule has 1 amide bonds. The van der Waals surface area contributed by atoms with Crippen LogP contribution in [0.5, 0.6) is 0 Å². The molecule has 3 heterocycles. The number of hydrogen-bond acceptors (Lipinski definition) is 6. The number of hydroxylamine groups is 1. The number of benzene rings is 2. The van der Waals surface area contributed by atoms with Crippen LogP contribution in [0.4, 0.5) is 5.69 Å². The van der Waals surface area contributed by atoms with Crippen molar-refractivity contribution in [3.8, 4) is 0 Å². The summed E-state index contributed by atoms with van der Waals surface area (Å²) in [5.41, 5.74) is 7.38. The van der Waals surface area contributed by atoms with Crippen molar-refractivity contribution in [2.45, 2.75) is 44.1 Å². The summed E-state index contributed by atoms with van der Waals surface area (Å²) in [7, 11) is -3.55. The minimum absolute atomic E-state index is 0.0677. The van der Waals surface area contributed by atoms with Gasteiger partial charge in [-0.1, -0.05) is 35.4 Å². The first-order valence-electron chi connectivity index (χ1n) is 12.5. The smallest absolute Gasteiger partial charge is 0.272 e. The maximum Gasteiger partial charge on any atom is 0.272 e. The zero-order valence-electron chi connectivity index (χ0n) is 21.2. The molecule has 1 N–H and O–H groups in total. The molecule has 0 aliphatic carbocycles. The highest BCUT2D eigenvalue weighted by atomic mass is 32.2. The molecule has 2 saturated heterocycles. The molecule has 9 heteroatoms. The van der Waals surface area contributed by atoms with Crippen LogP contribution in [0.15, 0.2) is 59.1 Å². The van der Waals surface area contributed by atoms with Crippen LogP contribution >= 0.6 is 0 Å². The lowest BCUT2D eigenvalue weighted by molar-refractivity contribution is -0.129. The Balaban J connectivity index is 1.19. The van der Waals surface area contributed by atoms with E-state index in [-0.39, 0.29) is 5.91 Å². The molecule has 2 aromatic carbocycles. The molecule has 0 atom stereocenters. The highest BCUT2D eigenvalue weighted by molar-refractivity contribution is 7.89. The predicted octanol–water partition coefficient (Wildman–Crippen LogP) is 2.90. The van der Waals surface area contributed by atoms with Crippen molar-refractivity contribution in [2.75, 3.05) is 44.2 Å². The largest absolute Gasteiger partial charge is 0.368 e. The van der Waals surface area contributed by atoms with Crippen molar-refractivity contribution in [1.29, 1.82) is 0 Å². The molecule has 36 heavy (non-hydrogen) atoms. The second-order valence-corrected chi connectivity index (χ2v) is 12.1. The number of piperidine rings is 1. The molecule has 192 valence electrons. The van der Waals surface area contributed by atoms with E-state index in [9.17, 15) is 13.2 Å². The van der Waals surface area contributed by atoms with Crippen LogP contribution in [-0.4, -0.2) is 68.4 Å². The van der Waals surface area contributed by atoms with Crippen molar-refractivity contribution in [2.24, 2.45) is 0 Å². The van der Waals surface area contributed by atoms with Gasteiger partial charge in [0.2, 0.25) is 10.0 Å². The summed E-state index contributed by atoms with van der Waals surface area (Å²) in [5.74, 6) is -0.0677. The quantitative estimate of drug-likeness (QED) is 0.681. The number of amides is 1. The number of nitrogens with zero attached hydrogens (tertiary/aromatic N) is 3. The van der Waals surface area contributed by atoms with Crippen LogP contribution in [0.1, 0.15) is 29.5 Å². The summed E-state index contributed by atoms with van der Waals surface area (Å²) in [5, 5.41) is 0. The number of anilines is 1. The van der Waals surface area contributed by atoms with E-state index in [4.69, 9.17) is 4.84 Å². The van der Waals surface area contributed by atoms with Gasteiger partial charge in [0.15, 0.2) is 0 Å². The van der Waals surface area contributed by atoms with Crippen LogP contribution in [0.2, 0.25) is 0 Å².